The summed E-state index contributed by atoms with van der Waals surface area (Å²) in [6, 6.07) is 13.8. The van der Waals surface area contributed by atoms with Crippen LogP contribution >= 0.6 is 0 Å². The predicted octanol–water partition coefficient (Wildman–Crippen LogP) is 2.99. The van der Waals surface area contributed by atoms with Crippen LogP contribution in [-0.4, -0.2) is 57.8 Å². The van der Waals surface area contributed by atoms with E-state index in [4.69, 9.17) is 14.2 Å². The number of carbonyl (C=O) groups is 1. The van der Waals surface area contributed by atoms with Gasteiger partial charge in [0.1, 0.15) is 5.75 Å². The lowest BCUT2D eigenvalue weighted by molar-refractivity contribution is -0.130. The highest BCUT2D eigenvalue weighted by molar-refractivity contribution is 5.79. The third kappa shape index (κ3) is 4.68. The van der Waals surface area contributed by atoms with E-state index >= 15 is 0 Å². The summed E-state index contributed by atoms with van der Waals surface area (Å²) in [5.74, 6) is 2.34. The number of carbonyl (C=O) groups excluding carboxylic acids is 1. The van der Waals surface area contributed by atoms with Gasteiger partial charge in [-0.15, -0.1) is 0 Å². The Balaban J connectivity index is 1.55. The van der Waals surface area contributed by atoms with Crippen LogP contribution in [0.3, 0.4) is 0 Å². The molecule has 1 aliphatic rings. The first-order valence-electron chi connectivity index (χ1n) is 9.61. The molecule has 0 atom stereocenters. The molecule has 28 heavy (non-hydrogen) atoms. The minimum Gasteiger partial charge on any atom is -0.494 e. The van der Waals surface area contributed by atoms with Gasteiger partial charge in [0.2, 0.25) is 5.91 Å². The first-order chi connectivity index (χ1) is 13.6. The zero-order valence-corrected chi connectivity index (χ0v) is 16.8. The third-order valence-corrected chi connectivity index (χ3v) is 4.95. The van der Waals surface area contributed by atoms with E-state index in [1.807, 2.05) is 42.2 Å². The third-order valence-electron chi connectivity index (χ3n) is 4.95. The van der Waals surface area contributed by atoms with Crippen molar-refractivity contribution in [3.63, 3.8) is 0 Å². The Morgan fingerprint density at radius 3 is 2.21 bits per heavy atom. The van der Waals surface area contributed by atoms with Gasteiger partial charge in [-0.1, -0.05) is 6.07 Å². The van der Waals surface area contributed by atoms with Crippen LogP contribution in [0.1, 0.15) is 12.5 Å². The summed E-state index contributed by atoms with van der Waals surface area (Å²) in [6.07, 6.45) is 0.364. The van der Waals surface area contributed by atoms with Gasteiger partial charge in [-0.2, -0.15) is 0 Å². The highest BCUT2D eigenvalue weighted by Crippen LogP contribution is 2.28. The Hall–Kier alpha value is -2.89. The lowest BCUT2D eigenvalue weighted by Crippen LogP contribution is -2.49. The Morgan fingerprint density at radius 2 is 1.61 bits per heavy atom. The average molecular weight is 384 g/mol. The van der Waals surface area contributed by atoms with Crippen molar-refractivity contribution in [1.82, 2.24) is 4.90 Å². The summed E-state index contributed by atoms with van der Waals surface area (Å²) in [5.41, 5.74) is 2.09. The summed E-state index contributed by atoms with van der Waals surface area (Å²) in [6.45, 7) is 5.74. The Labute approximate surface area is 166 Å². The van der Waals surface area contributed by atoms with E-state index in [1.54, 1.807) is 14.2 Å². The first-order valence-corrected chi connectivity index (χ1v) is 9.61. The number of hydrogen-bond donors (Lipinski definition) is 0. The monoisotopic (exact) mass is 384 g/mol. The molecule has 1 heterocycles. The number of amides is 1. The molecular formula is C22H28N2O4. The number of methoxy groups -OCH3 is 2. The standard InChI is InChI=1S/C22H28N2O4/c1-4-28-19-8-6-18(7-9-19)23-11-13-24(14-12-23)22(25)16-17-5-10-20(26-2)21(15-17)27-3/h5-10,15H,4,11-14,16H2,1-3H3. The molecule has 0 N–H and O–H groups in total. The molecule has 2 aromatic rings. The number of nitrogens with zero attached hydrogens (tertiary/aromatic N) is 2. The smallest absolute Gasteiger partial charge is 0.227 e. The van der Waals surface area contributed by atoms with Crippen molar-refractivity contribution >= 4 is 11.6 Å². The number of ether oxygens (including phenoxy) is 3. The molecule has 150 valence electrons. The summed E-state index contributed by atoms with van der Waals surface area (Å²) < 4.78 is 16.1. The molecule has 0 aliphatic carbocycles. The zero-order valence-electron chi connectivity index (χ0n) is 16.8. The second-order valence-electron chi connectivity index (χ2n) is 6.66. The lowest BCUT2D eigenvalue weighted by atomic mass is 10.1. The number of piperazine rings is 1. The summed E-state index contributed by atoms with van der Waals surface area (Å²) in [4.78, 5) is 16.9. The van der Waals surface area contributed by atoms with E-state index in [2.05, 4.69) is 17.0 Å². The predicted molar refractivity (Wildman–Crippen MR) is 110 cm³/mol. The van der Waals surface area contributed by atoms with Crippen LogP contribution in [0.15, 0.2) is 42.5 Å². The van der Waals surface area contributed by atoms with Crippen LogP contribution in [0.25, 0.3) is 0 Å². The van der Waals surface area contributed by atoms with Gasteiger partial charge in [0.15, 0.2) is 11.5 Å². The maximum atomic E-state index is 12.7. The van der Waals surface area contributed by atoms with Gasteiger partial charge in [0.25, 0.3) is 0 Å². The summed E-state index contributed by atoms with van der Waals surface area (Å²) in [7, 11) is 3.20. The van der Waals surface area contributed by atoms with E-state index in [-0.39, 0.29) is 5.91 Å². The fourth-order valence-electron chi connectivity index (χ4n) is 3.41. The van der Waals surface area contributed by atoms with E-state index < -0.39 is 0 Å². The van der Waals surface area contributed by atoms with Crippen LogP contribution in [0.4, 0.5) is 5.69 Å². The Kier molecular flexibility index (Phi) is 6.63. The van der Waals surface area contributed by atoms with Crippen molar-refractivity contribution in [3.8, 4) is 17.2 Å². The maximum Gasteiger partial charge on any atom is 0.227 e. The van der Waals surface area contributed by atoms with Gasteiger partial charge < -0.3 is 24.0 Å². The molecule has 0 bridgehead atoms. The molecule has 6 heteroatoms. The molecule has 0 radical (unpaired) electrons. The summed E-state index contributed by atoms with van der Waals surface area (Å²) >= 11 is 0. The zero-order chi connectivity index (χ0) is 19.9. The van der Waals surface area contributed by atoms with Crippen molar-refractivity contribution in [3.05, 3.63) is 48.0 Å². The molecular weight excluding hydrogens is 356 g/mol. The van der Waals surface area contributed by atoms with Gasteiger partial charge in [0.05, 0.1) is 27.2 Å². The second-order valence-corrected chi connectivity index (χ2v) is 6.66. The number of hydrogen-bond acceptors (Lipinski definition) is 5. The fourth-order valence-corrected chi connectivity index (χ4v) is 3.41. The van der Waals surface area contributed by atoms with Gasteiger partial charge in [0, 0.05) is 31.9 Å². The second kappa shape index (κ2) is 9.35. The van der Waals surface area contributed by atoms with Gasteiger partial charge >= 0.3 is 0 Å². The molecule has 2 aromatic carbocycles. The average Bonchev–Trinajstić information content (AvgIpc) is 2.74. The molecule has 0 spiro atoms. The highest BCUT2D eigenvalue weighted by Gasteiger charge is 2.21. The SMILES string of the molecule is CCOc1ccc(N2CCN(C(=O)Cc3ccc(OC)c(OC)c3)CC2)cc1. The molecule has 0 saturated carbocycles. The van der Waals surface area contributed by atoms with Crippen molar-refractivity contribution < 1.29 is 19.0 Å². The topological polar surface area (TPSA) is 51.2 Å². The van der Waals surface area contributed by atoms with Crippen LogP contribution in [0, 0.1) is 0 Å². The molecule has 3 rings (SSSR count). The Bertz CT molecular complexity index is 784. The fraction of sp³-hybridized carbons (Fsp3) is 0.409. The number of anilines is 1. The van der Waals surface area contributed by atoms with E-state index in [0.29, 0.717) is 24.5 Å². The van der Waals surface area contributed by atoms with Crippen LogP contribution in [0.5, 0.6) is 17.2 Å². The van der Waals surface area contributed by atoms with Gasteiger partial charge in [-0.05, 0) is 48.9 Å². The number of benzene rings is 2. The lowest BCUT2D eigenvalue weighted by Gasteiger charge is -2.36. The highest BCUT2D eigenvalue weighted by atomic mass is 16.5. The van der Waals surface area contributed by atoms with Crippen LogP contribution < -0.4 is 19.1 Å². The molecule has 6 nitrogen and oxygen atoms in total. The van der Waals surface area contributed by atoms with Crippen molar-refractivity contribution in [2.24, 2.45) is 0 Å². The first kappa shape index (κ1) is 19.9. The molecule has 1 saturated heterocycles. The minimum absolute atomic E-state index is 0.138. The van der Waals surface area contributed by atoms with E-state index in [0.717, 1.165) is 43.2 Å². The summed E-state index contributed by atoms with van der Waals surface area (Å²) in [5, 5.41) is 0. The normalized spacial score (nSPS) is 14.0. The quantitative estimate of drug-likeness (QED) is 0.735. The van der Waals surface area contributed by atoms with E-state index in [9.17, 15) is 4.79 Å². The molecule has 0 aromatic heterocycles. The van der Waals surface area contributed by atoms with Gasteiger partial charge in [-0.3, -0.25) is 4.79 Å². The van der Waals surface area contributed by atoms with E-state index in [1.165, 1.54) is 0 Å². The van der Waals surface area contributed by atoms with Crippen LogP contribution in [-0.2, 0) is 11.2 Å². The van der Waals surface area contributed by atoms with Crippen LogP contribution in [0.2, 0.25) is 0 Å². The molecule has 1 fully saturated rings. The van der Waals surface area contributed by atoms with Crippen molar-refractivity contribution in [1.29, 1.82) is 0 Å². The van der Waals surface area contributed by atoms with Crippen molar-refractivity contribution in [2.75, 3.05) is 51.9 Å². The molecule has 0 unspecified atom stereocenters. The maximum absolute atomic E-state index is 12.7. The van der Waals surface area contributed by atoms with Crippen molar-refractivity contribution in [2.45, 2.75) is 13.3 Å². The largest absolute Gasteiger partial charge is 0.494 e. The Morgan fingerprint density at radius 1 is 0.929 bits per heavy atom. The minimum atomic E-state index is 0.138. The molecule has 1 amide bonds. The molecule has 1 aliphatic heterocycles. The van der Waals surface area contributed by atoms with Gasteiger partial charge in [-0.25, -0.2) is 0 Å². The number of rotatable bonds is 7.